The lowest BCUT2D eigenvalue weighted by molar-refractivity contribution is -0.380. The van der Waals surface area contributed by atoms with Gasteiger partial charge < -0.3 is 75.8 Å². The number of carbonyl (C=O) groups is 10. The number of carbonyl (C=O) groups excluding carboxylic acids is 10. The normalized spacial score (nSPS) is 27.3. The first-order chi connectivity index (χ1) is 40.4. The smallest absolute Gasteiger partial charge is 0.303 e. The van der Waals surface area contributed by atoms with Gasteiger partial charge in [-0.25, -0.2) is 0 Å². The topological polar surface area (TPSA) is 318 Å². The molecular weight excluding hydrogens is 1140 g/mol. The Balaban J connectivity index is 1.95. The third-order valence-corrected chi connectivity index (χ3v) is 14.5. The summed E-state index contributed by atoms with van der Waals surface area (Å²) in [4.78, 5) is 127. The lowest BCUT2D eigenvalue weighted by Crippen LogP contribution is -2.69. The summed E-state index contributed by atoms with van der Waals surface area (Å²) in [6, 6.07) is 0. The Labute approximate surface area is 502 Å². The molecule has 0 saturated carbocycles. The van der Waals surface area contributed by atoms with Crippen molar-refractivity contribution in [1.82, 2.24) is 0 Å². The second-order valence-corrected chi connectivity index (χ2v) is 22.3. The Hall–Kier alpha value is -5.19. The van der Waals surface area contributed by atoms with E-state index in [1.165, 1.54) is 83.5 Å². The number of ether oxygens (including phenoxy) is 16. The van der Waals surface area contributed by atoms with Crippen molar-refractivity contribution < 1.29 is 124 Å². The molecule has 3 saturated heterocycles. The molecule has 0 aromatic rings. The second-order valence-electron chi connectivity index (χ2n) is 21.0. The molecule has 486 valence electrons. The van der Waals surface area contributed by atoms with E-state index in [1.54, 1.807) is 11.8 Å². The lowest BCUT2D eigenvalue weighted by atomic mass is 9.95. The molecule has 0 aromatic carbocycles. The van der Waals surface area contributed by atoms with Gasteiger partial charge in [-0.15, -0.1) is 0 Å². The van der Waals surface area contributed by atoms with Crippen molar-refractivity contribution in [2.45, 2.75) is 271 Å². The lowest BCUT2D eigenvalue weighted by Gasteiger charge is -2.50. The SMILES string of the molecule is CCCCCCCCCCCCCCCCCCSCCO[C@@H]1O[C@H](COC(C)=O)[C@@H](O[C@@H]2O[C@H](COC(C)=O)[C@H](O[C@H]3O[C@H](COC(C)=O)[C@H](OC(C)=O)[C@H](OC(C)=O)[C@H]3OC(C)=O)[C@H](OC(C)=O)[C@H]2OC(C)=O)[C@H](OC(C)=O)[C@H]1OC(C)=O. The summed E-state index contributed by atoms with van der Waals surface area (Å²) in [5, 5.41) is 0. The van der Waals surface area contributed by atoms with Crippen LogP contribution in [-0.2, 0) is 124 Å². The molecule has 3 aliphatic rings. The van der Waals surface area contributed by atoms with Crippen molar-refractivity contribution in [3.05, 3.63) is 0 Å². The molecule has 0 N–H and O–H groups in total. The zero-order chi connectivity index (χ0) is 63.0. The summed E-state index contributed by atoms with van der Waals surface area (Å²) in [5.41, 5.74) is 0. The number of unbranched alkanes of at least 4 members (excludes halogenated alkanes) is 15. The first-order valence-electron chi connectivity index (χ1n) is 29.5. The number of thioether (sulfide) groups is 1. The molecule has 3 heterocycles. The predicted octanol–water partition coefficient (Wildman–Crippen LogP) is 6.15. The summed E-state index contributed by atoms with van der Waals surface area (Å²) < 4.78 is 93.9. The fourth-order valence-corrected chi connectivity index (χ4v) is 10.8. The summed E-state index contributed by atoms with van der Waals surface area (Å²) >= 11 is 1.64. The maximum Gasteiger partial charge on any atom is 0.303 e. The van der Waals surface area contributed by atoms with E-state index in [1.807, 2.05) is 0 Å². The minimum atomic E-state index is -1.99. The molecule has 27 heteroatoms. The van der Waals surface area contributed by atoms with E-state index in [4.69, 9.17) is 75.8 Å². The van der Waals surface area contributed by atoms with E-state index in [-0.39, 0.29) is 6.61 Å². The largest absolute Gasteiger partial charge is 0.463 e. The Kier molecular flexibility index (Phi) is 35.1. The molecule has 15 atom stereocenters. The summed E-state index contributed by atoms with van der Waals surface area (Å²) in [6.45, 7) is 10.6. The van der Waals surface area contributed by atoms with Gasteiger partial charge in [0.1, 0.15) is 50.3 Å². The van der Waals surface area contributed by atoms with Crippen LogP contribution < -0.4 is 0 Å². The fourth-order valence-electron chi connectivity index (χ4n) is 9.97. The number of rotatable bonds is 38. The van der Waals surface area contributed by atoms with Crippen LogP contribution in [-0.4, -0.2) is 190 Å². The van der Waals surface area contributed by atoms with E-state index in [2.05, 4.69) is 6.92 Å². The zero-order valence-electron chi connectivity index (χ0n) is 51.2. The molecule has 0 aliphatic carbocycles. The molecule has 0 amide bonds. The first kappa shape index (κ1) is 74.1. The van der Waals surface area contributed by atoms with Crippen LogP contribution in [0.5, 0.6) is 0 Å². The zero-order valence-corrected chi connectivity index (χ0v) is 52.1. The van der Waals surface area contributed by atoms with Gasteiger partial charge in [-0.05, 0) is 12.2 Å². The molecule has 3 fully saturated rings. The van der Waals surface area contributed by atoms with Gasteiger partial charge in [0.2, 0.25) is 0 Å². The molecule has 3 rings (SSSR count). The molecule has 26 nitrogen and oxygen atoms in total. The average molecular weight is 1240 g/mol. The van der Waals surface area contributed by atoms with Gasteiger partial charge in [0.05, 0.1) is 6.61 Å². The monoisotopic (exact) mass is 1240 g/mol. The molecule has 3 aliphatic heterocycles. The van der Waals surface area contributed by atoms with Gasteiger partial charge in [-0.3, -0.25) is 47.9 Å². The third-order valence-electron chi connectivity index (χ3n) is 13.5. The Morgan fingerprint density at radius 1 is 0.306 bits per heavy atom. The van der Waals surface area contributed by atoms with Crippen molar-refractivity contribution in [2.24, 2.45) is 0 Å². The molecule has 0 spiro atoms. The molecular formula is C58H92O26S. The van der Waals surface area contributed by atoms with E-state index in [0.717, 1.165) is 94.3 Å². The Morgan fingerprint density at radius 3 is 0.906 bits per heavy atom. The maximum absolute atomic E-state index is 13.2. The third kappa shape index (κ3) is 28.5. The highest BCUT2D eigenvalue weighted by Gasteiger charge is 2.60. The highest BCUT2D eigenvalue weighted by molar-refractivity contribution is 7.99. The van der Waals surface area contributed by atoms with Crippen molar-refractivity contribution in [3.8, 4) is 0 Å². The van der Waals surface area contributed by atoms with Gasteiger partial charge in [0.25, 0.3) is 0 Å². The number of hydrogen-bond acceptors (Lipinski definition) is 27. The second kappa shape index (κ2) is 40.3. The van der Waals surface area contributed by atoms with Crippen LogP contribution in [0.4, 0.5) is 0 Å². The molecule has 85 heavy (non-hydrogen) atoms. The number of esters is 10. The highest BCUT2D eigenvalue weighted by Crippen LogP contribution is 2.38. The summed E-state index contributed by atoms with van der Waals surface area (Å²) in [5.74, 6) is -7.86. The van der Waals surface area contributed by atoms with Crippen LogP contribution in [0.25, 0.3) is 0 Å². The maximum atomic E-state index is 13.2. The quantitative estimate of drug-likeness (QED) is 0.0380. The van der Waals surface area contributed by atoms with Crippen molar-refractivity contribution >= 4 is 71.5 Å². The van der Waals surface area contributed by atoms with Crippen LogP contribution in [0.15, 0.2) is 0 Å². The molecule has 0 aromatic heterocycles. The minimum Gasteiger partial charge on any atom is -0.463 e. The Morgan fingerprint density at radius 2 is 0.576 bits per heavy atom. The molecule has 0 radical (unpaired) electrons. The van der Waals surface area contributed by atoms with Crippen LogP contribution >= 0.6 is 11.8 Å². The molecule has 0 unspecified atom stereocenters. The predicted molar refractivity (Wildman–Crippen MR) is 297 cm³/mol. The first-order valence-corrected chi connectivity index (χ1v) is 30.6. The average Bonchev–Trinajstić information content (AvgIpc) is 1.71. The van der Waals surface area contributed by atoms with Crippen molar-refractivity contribution in [2.75, 3.05) is 37.9 Å². The number of hydrogen-bond donors (Lipinski definition) is 0. The minimum absolute atomic E-state index is 0.0631. The Bertz CT molecular complexity index is 2110. The van der Waals surface area contributed by atoms with E-state index >= 15 is 0 Å². The van der Waals surface area contributed by atoms with Crippen LogP contribution in [0, 0.1) is 0 Å². The van der Waals surface area contributed by atoms with Crippen LogP contribution in [0.2, 0.25) is 0 Å². The van der Waals surface area contributed by atoms with E-state index < -0.39 is 172 Å². The van der Waals surface area contributed by atoms with Crippen molar-refractivity contribution in [3.63, 3.8) is 0 Å². The molecule has 0 bridgehead atoms. The van der Waals surface area contributed by atoms with Gasteiger partial charge in [0, 0.05) is 75.0 Å². The van der Waals surface area contributed by atoms with Gasteiger partial charge in [0.15, 0.2) is 61.6 Å². The highest BCUT2D eigenvalue weighted by atomic mass is 32.2. The summed E-state index contributed by atoms with van der Waals surface area (Å²) in [7, 11) is 0. The van der Waals surface area contributed by atoms with Gasteiger partial charge in [-0.2, -0.15) is 11.8 Å². The fraction of sp³-hybridized carbons (Fsp3) is 0.828. The van der Waals surface area contributed by atoms with Crippen molar-refractivity contribution in [1.29, 1.82) is 0 Å². The van der Waals surface area contributed by atoms with E-state index in [0.29, 0.717) is 5.75 Å². The van der Waals surface area contributed by atoms with Crippen LogP contribution in [0.1, 0.15) is 179 Å². The van der Waals surface area contributed by atoms with Gasteiger partial charge >= 0.3 is 59.7 Å². The van der Waals surface area contributed by atoms with Crippen LogP contribution in [0.3, 0.4) is 0 Å². The van der Waals surface area contributed by atoms with E-state index in [9.17, 15) is 47.9 Å². The summed E-state index contributed by atoms with van der Waals surface area (Å²) in [6.07, 6.45) is -5.86. The van der Waals surface area contributed by atoms with Gasteiger partial charge in [-0.1, -0.05) is 103 Å². The standard InChI is InChI=1S/C58H92O26S/c1-12-13-14-15-16-17-18-19-20-21-22-23-24-25-26-27-29-85-30-28-69-56-53(77-41(9)66)51(75-39(7)64)48(45(80-56)32-71-35(3)60)83-58-55(79-43(11)68)52(76-40(8)65)49(46(82-58)33-72-36(4)61)84-57-54(78-42(10)67)50(74-38(6)63)47(73-37(5)62)44(81-57)31-70-34(2)59/h44-58H,12-33H2,1-11H3/t44-,45-,46-,47+,48-,49+,50+,51+,52+,53-,54-,55-,56-,57-,58+/m1/s1.